The minimum absolute atomic E-state index is 0.469. The van der Waals surface area contributed by atoms with Crippen molar-refractivity contribution in [3.8, 4) is 0 Å². The maximum atomic E-state index is 5.79. The van der Waals surface area contributed by atoms with E-state index in [9.17, 15) is 0 Å². The van der Waals surface area contributed by atoms with Gasteiger partial charge < -0.3 is 9.73 Å². The fraction of sp³-hybridized carbons (Fsp3) is 0.438. The van der Waals surface area contributed by atoms with Crippen molar-refractivity contribution in [2.45, 2.75) is 46.2 Å². The van der Waals surface area contributed by atoms with Crippen LogP contribution in [-0.4, -0.2) is 11.0 Å². The summed E-state index contributed by atoms with van der Waals surface area (Å²) in [5, 5.41) is 3.34. The van der Waals surface area contributed by atoms with Crippen molar-refractivity contribution in [1.82, 2.24) is 10.3 Å². The standard InChI is InChI=1S/C16H22N2O/c1-4-13-5-6-14(18-10-13)9-15-7-8-16(19-15)11-17-12(2)3/h5-8,10,12,17H,4,9,11H2,1-3H3. The zero-order chi connectivity index (χ0) is 13.7. The van der Waals surface area contributed by atoms with Gasteiger partial charge in [-0.3, -0.25) is 4.98 Å². The highest BCUT2D eigenvalue weighted by Crippen LogP contribution is 2.12. The smallest absolute Gasteiger partial charge is 0.117 e. The molecule has 102 valence electrons. The Morgan fingerprint density at radius 2 is 1.95 bits per heavy atom. The van der Waals surface area contributed by atoms with Crippen LogP contribution in [-0.2, 0) is 19.4 Å². The Hall–Kier alpha value is -1.61. The molecule has 2 rings (SSSR count). The Morgan fingerprint density at radius 3 is 2.58 bits per heavy atom. The molecule has 0 saturated carbocycles. The average molecular weight is 258 g/mol. The van der Waals surface area contributed by atoms with Crippen LogP contribution in [0.2, 0.25) is 0 Å². The molecule has 0 spiro atoms. The lowest BCUT2D eigenvalue weighted by Gasteiger charge is -2.05. The van der Waals surface area contributed by atoms with E-state index in [0.717, 1.165) is 36.6 Å². The molecule has 0 atom stereocenters. The Morgan fingerprint density at radius 1 is 1.16 bits per heavy atom. The van der Waals surface area contributed by atoms with Crippen LogP contribution in [0.3, 0.4) is 0 Å². The molecular weight excluding hydrogens is 236 g/mol. The van der Waals surface area contributed by atoms with Gasteiger partial charge in [0.15, 0.2) is 0 Å². The first-order valence-electron chi connectivity index (χ1n) is 6.92. The van der Waals surface area contributed by atoms with Gasteiger partial charge in [0.25, 0.3) is 0 Å². The van der Waals surface area contributed by atoms with E-state index in [-0.39, 0.29) is 0 Å². The summed E-state index contributed by atoms with van der Waals surface area (Å²) in [5.74, 6) is 1.95. The van der Waals surface area contributed by atoms with Crippen molar-refractivity contribution < 1.29 is 4.42 Å². The van der Waals surface area contributed by atoms with E-state index in [1.807, 2.05) is 18.3 Å². The zero-order valence-corrected chi connectivity index (χ0v) is 11.9. The minimum Gasteiger partial charge on any atom is -0.464 e. The van der Waals surface area contributed by atoms with E-state index in [1.54, 1.807) is 0 Å². The second-order valence-corrected chi connectivity index (χ2v) is 5.09. The number of aromatic nitrogens is 1. The number of nitrogens with zero attached hydrogens (tertiary/aromatic N) is 1. The molecule has 0 aliphatic heterocycles. The molecule has 0 unspecified atom stereocenters. The van der Waals surface area contributed by atoms with Crippen LogP contribution < -0.4 is 5.32 Å². The van der Waals surface area contributed by atoms with Crippen molar-refractivity contribution >= 4 is 0 Å². The minimum atomic E-state index is 0.469. The highest BCUT2D eigenvalue weighted by Gasteiger charge is 2.05. The van der Waals surface area contributed by atoms with Crippen molar-refractivity contribution in [1.29, 1.82) is 0 Å². The fourth-order valence-electron chi connectivity index (χ4n) is 1.86. The third-order valence-electron chi connectivity index (χ3n) is 3.05. The second kappa shape index (κ2) is 6.53. The second-order valence-electron chi connectivity index (χ2n) is 5.09. The van der Waals surface area contributed by atoms with E-state index >= 15 is 0 Å². The van der Waals surface area contributed by atoms with Crippen molar-refractivity contribution in [2.75, 3.05) is 0 Å². The number of hydrogen-bond acceptors (Lipinski definition) is 3. The van der Waals surface area contributed by atoms with Gasteiger partial charge in [-0.15, -0.1) is 0 Å². The summed E-state index contributed by atoms with van der Waals surface area (Å²) in [6.07, 6.45) is 3.73. The molecule has 0 aromatic carbocycles. The molecule has 1 N–H and O–H groups in total. The molecule has 0 radical (unpaired) electrons. The third-order valence-corrected chi connectivity index (χ3v) is 3.05. The first kappa shape index (κ1) is 13.8. The van der Waals surface area contributed by atoms with Crippen molar-refractivity contribution in [2.24, 2.45) is 0 Å². The molecule has 2 heterocycles. The molecule has 0 aliphatic carbocycles. The van der Waals surface area contributed by atoms with Crippen LogP contribution in [0.5, 0.6) is 0 Å². The molecule has 0 bridgehead atoms. The quantitative estimate of drug-likeness (QED) is 0.863. The van der Waals surface area contributed by atoms with Gasteiger partial charge in [-0.05, 0) is 30.2 Å². The van der Waals surface area contributed by atoms with Gasteiger partial charge in [-0.1, -0.05) is 26.8 Å². The van der Waals surface area contributed by atoms with Crippen LogP contribution >= 0.6 is 0 Å². The van der Waals surface area contributed by atoms with E-state index < -0.39 is 0 Å². The molecule has 0 fully saturated rings. The zero-order valence-electron chi connectivity index (χ0n) is 11.9. The monoisotopic (exact) mass is 258 g/mol. The van der Waals surface area contributed by atoms with Crippen LogP contribution in [0.15, 0.2) is 34.9 Å². The number of nitrogens with one attached hydrogen (secondary N) is 1. The Kier molecular flexibility index (Phi) is 4.74. The van der Waals surface area contributed by atoms with Crippen molar-refractivity contribution in [3.05, 3.63) is 53.2 Å². The molecule has 3 heteroatoms. The lowest BCUT2D eigenvalue weighted by molar-refractivity contribution is 0.440. The molecule has 0 saturated heterocycles. The highest BCUT2D eigenvalue weighted by molar-refractivity contribution is 5.19. The Bertz CT molecular complexity index is 500. The van der Waals surface area contributed by atoms with Crippen LogP contribution in [0.25, 0.3) is 0 Å². The molecular formula is C16H22N2O. The van der Waals surface area contributed by atoms with Gasteiger partial charge in [-0.25, -0.2) is 0 Å². The summed E-state index contributed by atoms with van der Waals surface area (Å²) in [5.41, 5.74) is 2.32. The lowest BCUT2D eigenvalue weighted by Crippen LogP contribution is -2.21. The van der Waals surface area contributed by atoms with Crippen LogP contribution in [0, 0.1) is 0 Å². The normalized spacial score (nSPS) is 11.2. The molecule has 2 aromatic rings. The maximum Gasteiger partial charge on any atom is 0.117 e. The molecule has 0 amide bonds. The largest absolute Gasteiger partial charge is 0.464 e. The van der Waals surface area contributed by atoms with E-state index in [2.05, 4.69) is 43.2 Å². The Labute approximate surface area is 115 Å². The van der Waals surface area contributed by atoms with Gasteiger partial charge in [0.1, 0.15) is 11.5 Å². The van der Waals surface area contributed by atoms with Gasteiger partial charge in [0.2, 0.25) is 0 Å². The third kappa shape index (κ3) is 4.21. The number of furan rings is 1. The summed E-state index contributed by atoms with van der Waals surface area (Å²) in [7, 11) is 0. The number of aryl methyl sites for hydroxylation is 1. The van der Waals surface area contributed by atoms with E-state index in [4.69, 9.17) is 4.42 Å². The van der Waals surface area contributed by atoms with E-state index in [1.165, 1.54) is 5.56 Å². The number of hydrogen-bond donors (Lipinski definition) is 1. The molecule has 0 aliphatic rings. The first-order chi connectivity index (χ1) is 9.17. The first-order valence-corrected chi connectivity index (χ1v) is 6.92. The highest BCUT2D eigenvalue weighted by atomic mass is 16.3. The van der Waals surface area contributed by atoms with Gasteiger partial charge in [0.05, 0.1) is 6.54 Å². The number of rotatable bonds is 6. The van der Waals surface area contributed by atoms with Gasteiger partial charge in [-0.2, -0.15) is 0 Å². The fourth-order valence-corrected chi connectivity index (χ4v) is 1.86. The summed E-state index contributed by atoms with van der Waals surface area (Å²) < 4.78 is 5.79. The summed E-state index contributed by atoms with van der Waals surface area (Å²) >= 11 is 0. The molecule has 19 heavy (non-hydrogen) atoms. The molecule has 3 nitrogen and oxygen atoms in total. The predicted molar refractivity (Wildman–Crippen MR) is 77.1 cm³/mol. The van der Waals surface area contributed by atoms with E-state index in [0.29, 0.717) is 6.04 Å². The lowest BCUT2D eigenvalue weighted by atomic mass is 10.2. The summed E-state index contributed by atoms with van der Waals surface area (Å²) in [4.78, 5) is 4.45. The van der Waals surface area contributed by atoms with Gasteiger partial charge in [0, 0.05) is 24.4 Å². The summed E-state index contributed by atoms with van der Waals surface area (Å²) in [6, 6.07) is 8.74. The van der Waals surface area contributed by atoms with Crippen LogP contribution in [0.4, 0.5) is 0 Å². The maximum absolute atomic E-state index is 5.79. The average Bonchev–Trinajstić information content (AvgIpc) is 2.85. The van der Waals surface area contributed by atoms with Gasteiger partial charge >= 0.3 is 0 Å². The topological polar surface area (TPSA) is 38.1 Å². The Balaban J connectivity index is 1.95. The summed E-state index contributed by atoms with van der Waals surface area (Å²) in [6.45, 7) is 7.17. The van der Waals surface area contributed by atoms with Crippen LogP contribution in [0.1, 0.15) is 43.5 Å². The SMILES string of the molecule is CCc1ccc(Cc2ccc(CNC(C)C)o2)nc1. The number of pyridine rings is 1. The molecule has 2 aromatic heterocycles. The van der Waals surface area contributed by atoms with Crippen molar-refractivity contribution in [3.63, 3.8) is 0 Å². The predicted octanol–water partition coefficient (Wildman–Crippen LogP) is 3.33.